The van der Waals surface area contributed by atoms with Gasteiger partial charge in [-0.2, -0.15) is 0 Å². The number of carboxylic acid groups (broad SMARTS) is 1. The van der Waals surface area contributed by atoms with Crippen molar-refractivity contribution in [3.63, 3.8) is 0 Å². The fraction of sp³-hybridized carbons (Fsp3) is 0.379. The second-order valence-corrected chi connectivity index (χ2v) is 10.4. The van der Waals surface area contributed by atoms with E-state index in [4.69, 9.17) is 5.11 Å². The maximum absolute atomic E-state index is 13.2. The maximum Gasteiger partial charge on any atom is 0.573 e. The molecule has 1 fully saturated rings. The van der Waals surface area contributed by atoms with Crippen LogP contribution in [-0.4, -0.2) is 84.2 Å². The second kappa shape index (κ2) is 11.8. The van der Waals surface area contributed by atoms with Gasteiger partial charge in [-0.15, -0.1) is 13.2 Å². The molecule has 0 unspecified atom stereocenters. The summed E-state index contributed by atoms with van der Waals surface area (Å²) in [6.45, 7) is 5.23. The molecule has 2 aliphatic rings. The largest absolute Gasteiger partial charge is 0.573 e. The Morgan fingerprint density at radius 1 is 1.10 bits per heavy atom. The van der Waals surface area contributed by atoms with E-state index in [1.54, 1.807) is 12.3 Å². The lowest BCUT2D eigenvalue weighted by molar-refractivity contribution is -0.274. The van der Waals surface area contributed by atoms with Gasteiger partial charge in [0.15, 0.2) is 0 Å². The standard InChI is InChI=1S/C29H32F3N5O4/c1-35-11-13-36(14-12-35)17-19-5-7-20(8-6-19)25-24(21-3-2-4-23(15-21)41-29(30,31)32)18-37-22(9-10-33-28(39)40)16-34-27(38)26(25)37/h2-8,15,18,22,33H,9-14,16-17H2,1H3,(H,34,38)(H,39,40)/t22-/m0/s1. The number of carbonyl (C=O) groups is 2. The third-order valence-electron chi connectivity index (χ3n) is 7.52. The summed E-state index contributed by atoms with van der Waals surface area (Å²) in [6, 6.07) is 13.3. The number of halogens is 3. The normalized spacial score (nSPS) is 18.0. The number of carbonyl (C=O) groups excluding carboxylic acids is 1. The number of likely N-dealkylation sites (N-methyl/N-ethyl adjacent to an activating group) is 1. The Bertz CT molecular complexity index is 1400. The number of rotatable bonds is 8. The zero-order chi connectivity index (χ0) is 29.1. The quantitative estimate of drug-likeness (QED) is 0.371. The molecule has 1 saturated heterocycles. The number of amides is 2. The Labute approximate surface area is 235 Å². The van der Waals surface area contributed by atoms with Crippen molar-refractivity contribution in [1.82, 2.24) is 25.0 Å². The van der Waals surface area contributed by atoms with E-state index in [0.29, 0.717) is 35.3 Å². The van der Waals surface area contributed by atoms with Crippen molar-refractivity contribution >= 4 is 12.0 Å². The molecule has 3 N–H and O–H groups in total. The van der Waals surface area contributed by atoms with Crippen LogP contribution in [0.4, 0.5) is 18.0 Å². The van der Waals surface area contributed by atoms with E-state index in [1.807, 2.05) is 28.8 Å². The third kappa shape index (κ3) is 6.83. The third-order valence-corrected chi connectivity index (χ3v) is 7.52. The van der Waals surface area contributed by atoms with Crippen molar-refractivity contribution in [2.24, 2.45) is 0 Å². The SMILES string of the molecule is CN1CCN(Cc2ccc(-c3c(-c4cccc(OC(F)(F)F)c4)cn4c3C(=O)NC[C@@H]4CCNC(=O)O)cc2)CC1. The molecule has 0 saturated carbocycles. The number of hydrogen-bond donors (Lipinski definition) is 3. The highest BCUT2D eigenvalue weighted by Crippen LogP contribution is 2.41. The molecule has 2 aliphatic heterocycles. The molecule has 2 amide bonds. The number of fused-ring (bicyclic) bond motifs is 1. The van der Waals surface area contributed by atoms with Crippen LogP contribution in [0.1, 0.15) is 28.5 Å². The van der Waals surface area contributed by atoms with Gasteiger partial charge in [-0.05, 0) is 42.3 Å². The van der Waals surface area contributed by atoms with Gasteiger partial charge in [0.2, 0.25) is 0 Å². The van der Waals surface area contributed by atoms with Crippen molar-refractivity contribution < 1.29 is 32.6 Å². The van der Waals surface area contributed by atoms with E-state index in [2.05, 4.69) is 32.2 Å². The van der Waals surface area contributed by atoms with Gasteiger partial charge in [0.1, 0.15) is 11.4 Å². The van der Waals surface area contributed by atoms with Crippen LogP contribution in [0.5, 0.6) is 5.75 Å². The number of alkyl halides is 3. The minimum atomic E-state index is -4.84. The van der Waals surface area contributed by atoms with Gasteiger partial charge in [-0.25, -0.2) is 4.79 Å². The summed E-state index contributed by atoms with van der Waals surface area (Å²) in [4.78, 5) is 28.9. The Morgan fingerprint density at radius 2 is 1.83 bits per heavy atom. The van der Waals surface area contributed by atoms with Crippen LogP contribution in [0.15, 0.2) is 54.7 Å². The van der Waals surface area contributed by atoms with Gasteiger partial charge < -0.3 is 29.9 Å². The predicted molar refractivity (Wildman–Crippen MR) is 147 cm³/mol. The molecule has 5 rings (SSSR count). The van der Waals surface area contributed by atoms with E-state index in [9.17, 15) is 22.8 Å². The van der Waals surface area contributed by atoms with Gasteiger partial charge in [-0.1, -0.05) is 36.4 Å². The lowest BCUT2D eigenvalue weighted by Crippen LogP contribution is -2.43. The molecule has 1 atom stereocenters. The number of nitrogens with one attached hydrogen (secondary N) is 2. The average molecular weight is 572 g/mol. The van der Waals surface area contributed by atoms with E-state index in [-0.39, 0.29) is 24.2 Å². The van der Waals surface area contributed by atoms with Gasteiger partial charge in [0.05, 0.1) is 6.04 Å². The molecular formula is C29H32F3N5O4. The monoisotopic (exact) mass is 571 g/mol. The molecule has 12 heteroatoms. The first-order valence-electron chi connectivity index (χ1n) is 13.4. The minimum absolute atomic E-state index is 0.175. The summed E-state index contributed by atoms with van der Waals surface area (Å²) in [5, 5.41) is 14.2. The summed E-state index contributed by atoms with van der Waals surface area (Å²) in [7, 11) is 2.11. The van der Waals surface area contributed by atoms with Crippen LogP contribution < -0.4 is 15.4 Å². The molecular weight excluding hydrogens is 539 g/mol. The van der Waals surface area contributed by atoms with Crippen LogP contribution in [0.2, 0.25) is 0 Å². The zero-order valence-corrected chi connectivity index (χ0v) is 22.6. The van der Waals surface area contributed by atoms with E-state index < -0.39 is 12.5 Å². The van der Waals surface area contributed by atoms with Crippen molar-refractivity contribution in [2.45, 2.75) is 25.4 Å². The fourth-order valence-corrected chi connectivity index (χ4v) is 5.44. The van der Waals surface area contributed by atoms with Gasteiger partial charge in [0, 0.05) is 63.1 Å². The minimum Gasteiger partial charge on any atom is -0.465 e. The lowest BCUT2D eigenvalue weighted by atomic mass is 9.95. The summed E-state index contributed by atoms with van der Waals surface area (Å²) in [5.41, 5.74) is 3.87. The Balaban J connectivity index is 1.53. The molecule has 0 spiro atoms. The molecule has 41 heavy (non-hydrogen) atoms. The molecule has 0 radical (unpaired) electrons. The van der Waals surface area contributed by atoms with Gasteiger partial charge >= 0.3 is 12.5 Å². The highest BCUT2D eigenvalue weighted by atomic mass is 19.4. The molecule has 218 valence electrons. The van der Waals surface area contributed by atoms with Crippen molar-refractivity contribution in [2.75, 3.05) is 46.3 Å². The van der Waals surface area contributed by atoms with E-state index in [0.717, 1.165) is 43.9 Å². The number of piperazine rings is 1. The predicted octanol–water partition coefficient (Wildman–Crippen LogP) is 4.41. The Hall–Kier alpha value is -4.03. The van der Waals surface area contributed by atoms with Crippen LogP contribution in [-0.2, 0) is 6.54 Å². The highest BCUT2D eigenvalue weighted by Gasteiger charge is 2.33. The van der Waals surface area contributed by atoms with Crippen LogP contribution in [0, 0.1) is 0 Å². The fourth-order valence-electron chi connectivity index (χ4n) is 5.44. The number of ether oxygens (including phenoxy) is 1. The van der Waals surface area contributed by atoms with Crippen LogP contribution >= 0.6 is 0 Å². The topological polar surface area (TPSA) is 99.1 Å². The summed E-state index contributed by atoms with van der Waals surface area (Å²) < 4.78 is 44.9. The summed E-state index contributed by atoms with van der Waals surface area (Å²) in [5.74, 6) is -0.669. The Kier molecular flexibility index (Phi) is 8.22. The van der Waals surface area contributed by atoms with Crippen molar-refractivity contribution in [1.29, 1.82) is 0 Å². The Morgan fingerprint density at radius 3 is 2.51 bits per heavy atom. The van der Waals surface area contributed by atoms with Crippen molar-refractivity contribution in [3.05, 3.63) is 66.0 Å². The van der Waals surface area contributed by atoms with Crippen LogP contribution in [0.25, 0.3) is 22.3 Å². The maximum atomic E-state index is 13.2. The summed E-state index contributed by atoms with van der Waals surface area (Å²) in [6.07, 6.45) is -3.81. The molecule has 9 nitrogen and oxygen atoms in total. The smallest absolute Gasteiger partial charge is 0.465 e. The molecule has 2 aromatic carbocycles. The number of hydrogen-bond acceptors (Lipinski definition) is 5. The second-order valence-electron chi connectivity index (χ2n) is 10.4. The summed E-state index contributed by atoms with van der Waals surface area (Å²) >= 11 is 0. The lowest BCUT2D eigenvalue weighted by Gasteiger charge is -2.32. The molecule has 3 aromatic rings. The van der Waals surface area contributed by atoms with E-state index >= 15 is 0 Å². The first-order chi connectivity index (χ1) is 19.6. The van der Waals surface area contributed by atoms with Gasteiger partial charge in [-0.3, -0.25) is 9.69 Å². The number of benzene rings is 2. The van der Waals surface area contributed by atoms with Gasteiger partial charge in [0.25, 0.3) is 5.91 Å². The van der Waals surface area contributed by atoms with Crippen molar-refractivity contribution in [3.8, 4) is 28.0 Å². The number of aromatic nitrogens is 1. The molecule has 0 bridgehead atoms. The number of nitrogens with zero attached hydrogens (tertiary/aromatic N) is 3. The average Bonchev–Trinajstić information content (AvgIpc) is 3.33. The zero-order valence-electron chi connectivity index (χ0n) is 22.6. The molecule has 0 aliphatic carbocycles. The molecule has 3 heterocycles. The van der Waals surface area contributed by atoms with Crippen LogP contribution in [0.3, 0.4) is 0 Å². The highest BCUT2D eigenvalue weighted by molar-refractivity contribution is 6.05. The first-order valence-corrected chi connectivity index (χ1v) is 13.4. The van der Waals surface area contributed by atoms with E-state index in [1.165, 1.54) is 18.2 Å². The molecule has 1 aromatic heterocycles. The first kappa shape index (κ1) is 28.5.